The average molecular weight is 783 g/mol. The van der Waals surface area contributed by atoms with Crippen molar-refractivity contribution < 1.29 is 49.0 Å². The maximum absolute atomic E-state index is 12.8. The molecule has 4 N–H and O–H groups in total. The standard InChI is InChI=1S/C45H82O10/c1-3-5-7-9-11-13-15-17-18-19-20-22-24-26-28-30-32-34-41(48)54-38(37-53-45-44(51)43(50)42(49)39(35-46)55-45)36-52-40(47)33-31-29-27-25-23-21-16-14-12-10-8-6-4-2/h13,15,21,23,38-39,42-46,49-51H,3-12,14,16-20,22,24-37H2,1-2H3/b15-13+,23-21+/t38-,39-,42+,43?,44?,45-/m1/s1. The summed E-state index contributed by atoms with van der Waals surface area (Å²) in [4.78, 5) is 25.3. The Bertz CT molecular complexity index is 954. The van der Waals surface area contributed by atoms with Crippen LogP contribution in [0.5, 0.6) is 0 Å². The maximum atomic E-state index is 12.8. The predicted octanol–water partition coefficient (Wildman–Crippen LogP) is 9.33. The van der Waals surface area contributed by atoms with Gasteiger partial charge in [0.25, 0.3) is 0 Å². The minimum Gasteiger partial charge on any atom is -0.462 e. The van der Waals surface area contributed by atoms with Gasteiger partial charge in [0, 0.05) is 12.8 Å². The third kappa shape index (κ3) is 28.3. The first kappa shape index (κ1) is 51.2. The number of carbonyl (C=O) groups is 2. The number of esters is 2. The van der Waals surface area contributed by atoms with Gasteiger partial charge in [0.2, 0.25) is 0 Å². The third-order valence-corrected chi connectivity index (χ3v) is 10.3. The summed E-state index contributed by atoms with van der Waals surface area (Å²) in [6.45, 7) is 3.39. The lowest BCUT2D eigenvalue weighted by Crippen LogP contribution is -2.59. The molecular formula is C45H82O10. The fraction of sp³-hybridized carbons (Fsp3) is 0.867. The van der Waals surface area contributed by atoms with Gasteiger partial charge in [-0.3, -0.25) is 9.59 Å². The number of rotatable bonds is 37. The molecule has 0 aromatic heterocycles. The topological polar surface area (TPSA) is 152 Å². The molecule has 1 aliphatic heterocycles. The van der Waals surface area contributed by atoms with Crippen molar-refractivity contribution in [3.05, 3.63) is 24.3 Å². The monoisotopic (exact) mass is 783 g/mol. The van der Waals surface area contributed by atoms with Crippen LogP contribution in [-0.2, 0) is 28.5 Å². The van der Waals surface area contributed by atoms with Crippen molar-refractivity contribution in [3.8, 4) is 0 Å². The zero-order valence-electron chi connectivity index (χ0n) is 34.9. The van der Waals surface area contributed by atoms with E-state index in [-0.39, 0.29) is 26.1 Å². The number of hydrogen-bond acceptors (Lipinski definition) is 10. The lowest BCUT2D eigenvalue weighted by atomic mass is 9.99. The summed E-state index contributed by atoms with van der Waals surface area (Å²) in [5.41, 5.74) is 0. The molecular weight excluding hydrogens is 700 g/mol. The molecule has 0 aromatic carbocycles. The highest BCUT2D eigenvalue weighted by molar-refractivity contribution is 5.70. The van der Waals surface area contributed by atoms with E-state index >= 15 is 0 Å². The Kier molecular flexibility index (Phi) is 34.0. The average Bonchev–Trinajstić information content (AvgIpc) is 3.18. The Morgan fingerprint density at radius 2 is 0.964 bits per heavy atom. The minimum atomic E-state index is -1.59. The van der Waals surface area contributed by atoms with E-state index in [1.165, 1.54) is 109 Å². The number of aliphatic hydroxyl groups is 4. The first-order valence-electron chi connectivity index (χ1n) is 22.4. The van der Waals surface area contributed by atoms with Crippen LogP contribution in [0.3, 0.4) is 0 Å². The van der Waals surface area contributed by atoms with Crippen molar-refractivity contribution in [1.29, 1.82) is 0 Å². The number of allylic oxidation sites excluding steroid dienone is 4. The molecule has 1 heterocycles. The lowest BCUT2D eigenvalue weighted by molar-refractivity contribution is -0.305. The molecule has 0 bridgehead atoms. The quantitative estimate of drug-likeness (QED) is 0.0273. The highest BCUT2D eigenvalue weighted by Gasteiger charge is 2.44. The van der Waals surface area contributed by atoms with Crippen LogP contribution in [0, 0.1) is 0 Å². The molecule has 0 saturated carbocycles. The largest absolute Gasteiger partial charge is 0.462 e. The zero-order chi connectivity index (χ0) is 40.2. The molecule has 1 rings (SSSR count). The van der Waals surface area contributed by atoms with Crippen LogP contribution in [0.4, 0.5) is 0 Å². The summed E-state index contributed by atoms with van der Waals surface area (Å²) in [5.74, 6) is -0.824. The molecule has 0 radical (unpaired) electrons. The van der Waals surface area contributed by atoms with E-state index in [0.29, 0.717) is 12.8 Å². The predicted molar refractivity (Wildman–Crippen MR) is 219 cm³/mol. The molecule has 6 atom stereocenters. The summed E-state index contributed by atoms with van der Waals surface area (Å²) in [7, 11) is 0. The van der Waals surface area contributed by atoms with Crippen molar-refractivity contribution in [2.45, 2.75) is 230 Å². The Labute approximate surface area is 334 Å². The van der Waals surface area contributed by atoms with E-state index in [2.05, 4.69) is 38.2 Å². The van der Waals surface area contributed by atoms with Gasteiger partial charge < -0.3 is 39.4 Å². The van der Waals surface area contributed by atoms with Crippen molar-refractivity contribution >= 4 is 11.9 Å². The Balaban J connectivity index is 2.33. The Morgan fingerprint density at radius 3 is 1.45 bits per heavy atom. The van der Waals surface area contributed by atoms with Crippen LogP contribution in [0.25, 0.3) is 0 Å². The van der Waals surface area contributed by atoms with Crippen molar-refractivity contribution in [1.82, 2.24) is 0 Å². The SMILES string of the molecule is CCCCCC/C=C/CCCCCCCCCCCC(=O)O[C@H](COC(=O)CCCCC/C=C/CCCCCCCC)CO[C@@H]1O[C@H](CO)[C@H](O)C(O)C1O. The van der Waals surface area contributed by atoms with Gasteiger partial charge >= 0.3 is 11.9 Å². The molecule has 2 unspecified atom stereocenters. The summed E-state index contributed by atoms with van der Waals surface area (Å²) in [5, 5.41) is 40.0. The Morgan fingerprint density at radius 1 is 0.545 bits per heavy atom. The second-order valence-electron chi connectivity index (χ2n) is 15.5. The number of carbonyl (C=O) groups excluding carboxylic acids is 2. The second-order valence-corrected chi connectivity index (χ2v) is 15.5. The zero-order valence-corrected chi connectivity index (χ0v) is 34.9. The molecule has 1 saturated heterocycles. The molecule has 1 aliphatic rings. The van der Waals surface area contributed by atoms with Crippen LogP contribution in [-0.4, -0.2) is 89.0 Å². The maximum Gasteiger partial charge on any atom is 0.306 e. The van der Waals surface area contributed by atoms with Gasteiger partial charge in [-0.05, 0) is 64.2 Å². The van der Waals surface area contributed by atoms with Crippen LogP contribution < -0.4 is 0 Å². The van der Waals surface area contributed by atoms with Crippen LogP contribution in [0.15, 0.2) is 24.3 Å². The number of aliphatic hydroxyl groups excluding tert-OH is 4. The molecule has 0 aliphatic carbocycles. The molecule has 0 spiro atoms. The van der Waals surface area contributed by atoms with E-state index in [9.17, 15) is 30.0 Å². The summed E-state index contributed by atoms with van der Waals surface area (Å²) >= 11 is 0. The van der Waals surface area contributed by atoms with Gasteiger partial charge in [0.1, 0.15) is 31.0 Å². The first-order valence-corrected chi connectivity index (χ1v) is 22.4. The fourth-order valence-corrected chi connectivity index (χ4v) is 6.71. The molecule has 55 heavy (non-hydrogen) atoms. The summed E-state index contributed by atoms with van der Waals surface area (Å²) in [6, 6.07) is 0. The molecule has 1 fully saturated rings. The van der Waals surface area contributed by atoms with E-state index in [1.54, 1.807) is 0 Å². The van der Waals surface area contributed by atoms with Crippen LogP contribution in [0.1, 0.15) is 194 Å². The fourth-order valence-electron chi connectivity index (χ4n) is 6.71. The van der Waals surface area contributed by atoms with Gasteiger partial charge in [-0.2, -0.15) is 0 Å². The molecule has 10 nitrogen and oxygen atoms in total. The smallest absolute Gasteiger partial charge is 0.306 e. The molecule has 0 aromatic rings. The van der Waals surface area contributed by atoms with Crippen molar-refractivity contribution in [3.63, 3.8) is 0 Å². The number of hydrogen-bond donors (Lipinski definition) is 4. The van der Waals surface area contributed by atoms with Gasteiger partial charge in [0.15, 0.2) is 12.4 Å². The second kappa shape index (κ2) is 36.5. The molecule has 322 valence electrons. The highest BCUT2D eigenvalue weighted by Crippen LogP contribution is 2.22. The number of unbranched alkanes of at least 4 members (excludes halogenated alkanes) is 22. The van der Waals surface area contributed by atoms with Crippen LogP contribution >= 0.6 is 0 Å². The summed E-state index contributed by atoms with van der Waals surface area (Å²) < 4.78 is 22.1. The Hall–Kier alpha value is -1.82. The lowest BCUT2D eigenvalue weighted by Gasteiger charge is -2.39. The van der Waals surface area contributed by atoms with Crippen LogP contribution in [0.2, 0.25) is 0 Å². The van der Waals surface area contributed by atoms with E-state index in [0.717, 1.165) is 44.9 Å². The van der Waals surface area contributed by atoms with E-state index in [1.807, 2.05) is 0 Å². The first-order chi connectivity index (χ1) is 26.8. The normalized spacial score (nSPS) is 20.7. The van der Waals surface area contributed by atoms with Gasteiger partial charge in [-0.1, -0.05) is 141 Å². The number of ether oxygens (including phenoxy) is 4. The van der Waals surface area contributed by atoms with Crippen molar-refractivity contribution in [2.75, 3.05) is 19.8 Å². The van der Waals surface area contributed by atoms with E-state index < -0.39 is 55.4 Å². The van der Waals surface area contributed by atoms with E-state index in [4.69, 9.17) is 18.9 Å². The van der Waals surface area contributed by atoms with Gasteiger partial charge in [-0.25, -0.2) is 0 Å². The third-order valence-electron chi connectivity index (χ3n) is 10.3. The molecule has 0 amide bonds. The minimum absolute atomic E-state index is 0.224. The highest BCUT2D eigenvalue weighted by atomic mass is 16.7. The van der Waals surface area contributed by atoms with Gasteiger partial charge in [-0.15, -0.1) is 0 Å². The van der Waals surface area contributed by atoms with Crippen molar-refractivity contribution in [2.24, 2.45) is 0 Å². The van der Waals surface area contributed by atoms with Gasteiger partial charge in [0.05, 0.1) is 13.2 Å². The molecule has 10 heteroatoms. The summed E-state index contributed by atoms with van der Waals surface area (Å²) in [6.07, 6.45) is 31.8.